The highest BCUT2D eigenvalue weighted by Crippen LogP contribution is 2.23. The van der Waals surface area contributed by atoms with Crippen molar-refractivity contribution >= 4 is 5.91 Å². The minimum atomic E-state index is -0.238. The highest BCUT2D eigenvalue weighted by atomic mass is 19.1. The lowest BCUT2D eigenvalue weighted by Gasteiger charge is -2.35. The molecule has 0 unspecified atom stereocenters. The van der Waals surface area contributed by atoms with E-state index in [1.54, 1.807) is 36.9 Å². The highest BCUT2D eigenvalue weighted by Gasteiger charge is 2.29. The number of likely N-dealkylation sites (tertiary alicyclic amines) is 1. The number of nitrogens with one attached hydrogen (secondary N) is 1. The number of aromatic nitrogens is 2. The maximum atomic E-state index is 13.5. The van der Waals surface area contributed by atoms with Crippen molar-refractivity contribution in [1.29, 1.82) is 0 Å². The number of aryl methyl sites for hydroxylation is 2. The molecule has 0 saturated carbocycles. The molecule has 1 N–H and O–H groups in total. The van der Waals surface area contributed by atoms with Gasteiger partial charge in [-0.25, -0.2) is 4.39 Å². The van der Waals surface area contributed by atoms with Crippen LogP contribution in [-0.2, 0) is 7.05 Å². The lowest BCUT2D eigenvalue weighted by atomic mass is 10.0. The summed E-state index contributed by atoms with van der Waals surface area (Å²) in [5, 5.41) is 7.35. The van der Waals surface area contributed by atoms with E-state index in [2.05, 4.69) is 29.2 Å². The molecule has 0 atom stereocenters. The molecule has 0 radical (unpaired) electrons. The first-order chi connectivity index (χ1) is 12.3. The molecule has 6 heteroatoms. The molecule has 5 nitrogen and oxygen atoms in total. The molecule has 1 aliphatic rings. The van der Waals surface area contributed by atoms with Gasteiger partial charge < -0.3 is 5.32 Å². The van der Waals surface area contributed by atoms with Crippen LogP contribution in [0.5, 0.6) is 0 Å². The fraction of sp³-hybridized carbons (Fsp3) is 0.500. The minimum absolute atomic E-state index is 0.0716. The third-order valence-corrected chi connectivity index (χ3v) is 5.21. The Balaban J connectivity index is 1.71. The summed E-state index contributed by atoms with van der Waals surface area (Å²) in [7, 11) is 1.79. The van der Waals surface area contributed by atoms with Crippen LogP contribution in [-0.4, -0.2) is 45.8 Å². The lowest BCUT2D eigenvalue weighted by molar-refractivity contribution is 0.0896. The molecule has 1 aromatic carbocycles. The van der Waals surface area contributed by atoms with Crippen molar-refractivity contribution in [3.05, 3.63) is 41.3 Å². The van der Waals surface area contributed by atoms with Crippen LogP contribution in [0.25, 0.3) is 11.3 Å². The Hall–Kier alpha value is -2.21. The number of nitrogens with zero attached hydrogens (tertiary/aromatic N) is 3. The van der Waals surface area contributed by atoms with Crippen LogP contribution >= 0.6 is 0 Å². The molecule has 2 heterocycles. The molecule has 1 saturated heterocycles. The Morgan fingerprint density at radius 2 is 1.96 bits per heavy atom. The third-order valence-electron chi connectivity index (χ3n) is 5.21. The summed E-state index contributed by atoms with van der Waals surface area (Å²) in [4.78, 5) is 15.0. The zero-order valence-corrected chi connectivity index (χ0v) is 16.0. The minimum Gasteiger partial charge on any atom is -0.349 e. The summed E-state index contributed by atoms with van der Waals surface area (Å²) in [5.74, 6) is -0.420. The van der Waals surface area contributed by atoms with Gasteiger partial charge in [0.25, 0.3) is 5.91 Å². The van der Waals surface area contributed by atoms with Crippen LogP contribution in [0.4, 0.5) is 4.39 Å². The third kappa shape index (κ3) is 3.80. The number of amides is 1. The number of halogens is 1. The van der Waals surface area contributed by atoms with E-state index in [-0.39, 0.29) is 17.3 Å². The number of benzene rings is 1. The van der Waals surface area contributed by atoms with Crippen LogP contribution in [0.3, 0.4) is 0 Å². The summed E-state index contributed by atoms with van der Waals surface area (Å²) < 4.78 is 15.2. The molecule has 1 amide bonds. The van der Waals surface area contributed by atoms with Gasteiger partial charge in [-0.15, -0.1) is 0 Å². The van der Waals surface area contributed by atoms with Crippen LogP contribution in [0.15, 0.2) is 24.3 Å². The van der Waals surface area contributed by atoms with E-state index in [9.17, 15) is 9.18 Å². The van der Waals surface area contributed by atoms with Crippen molar-refractivity contribution in [1.82, 2.24) is 20.0 Å². The number of carbonyl (C=O) groups is 1. The van der Waals surface area contributed by atoms with Gasteiger partial charge in [0.1, 0.15) is 5.82 Å². The van der Waals surface area contributed by atoms with Gasteiger partial charge in [-0.05, 0) is 76.5 Å². The number of hydrogen-bond acceptors (Lipinski definition) is 3. The summed E-state index contributed by atoms with van der Waals surface area (Å²) in [6, 6.07) is 6.67. The maximum absolute atomic E-state index is 13.5. The molecule has 0 bridgehead atoms. The van der Waals surface area contributed by atoms with Crippen molar-refractivity contribution in [3.63, 3.8) is 0 Å². The van der Waals surface area contributed by atoms with Gasteiger partial charge >= 0.3 is 0 Å². The smallest absolute Gasteiger partial charge is 0.271 e. The summed E-state index contributed by atoms with van der Waals surface area (Å²) >= 11 is 0. The van der Waals surface area contributed by atoms with E-state index in [1.807, 2.05) is 0 Å². The predicted molar refractivity (Wildman–Crippen MR) is 101 cm³/mol. The van der Waals surface area contributed by atoms with E-state index in [0.717, 1.165) is 24.3 Å². The van der Waals surface area contributed by atoms with E-state index in [4.69, 9.17) is 0 Å². The van der Waals surface area contributed by atoms with Crippen LogP contribution in [0.1, 0.15) is 42.7 Å². The molecule has 3 rings (SSSR count). The van der Waals surface area contributed by atoms with E-state index in [1.165, 1.54) is 18.9 Å². The molecule has 0 aliphatic carbocycles. The first kappa shape index (κ1) is 18.6. The second-order valence-corrected chi connectivity index (χ2v) is 7.69. The van der Waals surface area contributed by atoms with Crippen molar-refractivity contribution in [2.45, 2.75) is 39.2 Å². The largest absolute Gasteiger partial charge is 0.349 e. The van der Waals surface area contributed by atoms with Crippen molar-refractivity contribution in [3.8, 4) is 11.3 Å². The van der Waals surface area contributed by atoms with Crippen molar-refractivity contribution in [2.75, 3.05) is 19.6 Å². The molecule has 1 fully saturated rings. The van der Waals surface area contributed by atoms with Gasteiger partial charge in [0.15, 0.2) is 5.69 Å². The molecule has 26 heavy (non-hydrogen) atoms. The standard InChI is InChI=1S/C20H27FN4O/c1-14-11-15(7-8-16(14)21)18-12-17(23-24(18)4)19(26)22-13-20(2,3)25-9-5-6-10-25/h7-8,11-12H,5-6,9-10,13H2,1-4H3,(H,22,26). The Morgan fingerprint density at radius 3 is 2.62 bits per heavy atom. The summed E-state index contributed by atoms with van der Waals surface area (Å²) in [6.45, 7) is 8.78. The van der Waals surface area contributed by atoms with E-state index >= 15 is 0 Å². The van der Waals surface area contributed by atoms with Gasteiger partial charge in [-0.1, -0.05) is 0 Å². The molecule has 1 aliphatic heterocycles. The average molecular weight is 358 g/mol. The zero-order valence-electron chi connectivity index (χ0n) is 16.0. The Labute approximate surface area is 154 Å². The fourth-order valence-corrected chi connectivity index (χ4v) is 3.47. The summed E-state index contributed by atoms with van der Waals surface area (Å²) in [5.41, 5.74) is 2.51. The Morgan fingerprint density at radius 1 is 1.27 bits per heavy atom. The van der Waals surface area contributed by atoms with Gasteiger partial charge in [0.2, 0.25) is 0 Å². The second kappa shape index (κ2) is 7.19. The van der Waals surface area contributed by atoms with Crippen molar-refractivity contribution in [2.24, 2.45) is 7.05 Å². The molecule has 140 valence electrons. The van der Waals surface area contributed by atoms with Crippen molar-refractivity contribution < 1.29 is 9.18 Å². The van der Waals surface area contributed by atoms with Crippen LogP contribution < -0.4 is 5.32 Å². The Kier molecular flexibility index (Phi) is 5.14. The first-order valence-electron chi connectivity index (χ1n) is 9.12. The van der Waals surface area contributed by atoms with E-state index in [0.29, 0.717) is 17.8 Å². The quantitative estimate of drug-likeness (QED) is 0.893. The van der Waals surface area contributed by atoms with Gasteiger partial charge in [-0.2, -0.15) is 5.10 Å². The molecular weight excluding hydrogens is 331 g/mol. The Bertz CT molecular complexity index is 806. The highest BCUT2D eigenvalue weighted by molar-refractivity contribution is 5.93. The monoisotopic (exact) mass is 358 g/mol. The summed E-state index contributed by atoms with van der Waals surface area (Å²) in [6.07, 6.45) is 2.44. The van der Waals surface area contributed by atoms with Crippen LogP contribution in [0.2, 0.25) is 0 Å². The zero-order chi connectivity index (χ0) is 18.9. The molecular formula is C20H27FN4O. The van der Waals surface area contributed by atoms with Gasteiger partial charge in [0.05, 0.1) is 5.69 Å². The number of carbonyl (C=O) groups excluding carboxylic acids is 1. The second-order valence-electron chi connectivity index (χ2n) is 7.69. The predicted octanol–water partition coefficient (Wildman–Crippen LogP) is 3.14. The fourth-order valence-electron chi connectivity index (χ4n) is 3.47. The first-order valence-corrected chi connectivity index (χ1v) is 9.12. The number of hydrogen-bond donors (Lipinski definition) is 1. The topological polar surface area (TPSA) is 50.2 Å². The number of rotatable bonds is 5. The van der Waals surface area contributed by atoms with E-state index < -0.39 is 0 Å². The molecule has 2 aromatic rings. The lowest BCUT2D eigenvalue weighted by Crippen LogP contribution is -2.50. The van der Waals surface area contributed by atoms with Gasteiger partial charge in [-0.3, -0.25) is 14.4 Å². The maximum Gasteiger partial charge on any atom is 0.271 e. The average Bonchev–Trinajstić information content (AvgIpc) is 3.25. The molecule has 1 aromatic heterocycles. The molecule has 0 spiro atoms. The van der Waals surface area contributed by atoms with Crippen LogP contribution in [0, 0.1) is 12.7 Å². The normalized spacial score (nSPS) is 15.4. The SMILES string of the molecule is Cc1cc(-c2cc(C(=O)NCC(C)(C)N3CCCC3)nn2C)ccc1F. The van der Waals surface area contributed by atoms with Gasteiger partial charge in [0, 0.05) is 24.7 Å².